The number of rotatable bonds is 9. The van der Waals surface area contributed by atoms with E-state index in [0.717, 1.165) is 27.9 Å². The molecule has 2 unspecified atom stereocenters. The highest BCUT2D eigenvalue weighted by atomic mass is 16.5. The minimum absolute atomic E-state index is 0.117. The van der Waals surface area contributed by atoms with Crippen LogP contribution in [0.25, 0.3) is 10.9 Å². The molecule has 1 aliphatic heterocycles. The Morgan fingerprint density at radius 3 is 2.75 bits per heavy atom. The summed E-state index contributed by atoms with van der Waals surface area (Å²) in [5.74, 6) is -0.551. The molecule has 2 aromatic carbocycles. The van der Waals surface area contributed by atoms with Crippen LogP contribution in [0, 0.1) is 11.8 Å². The fraction of sp³-hybridized carbons (Fsp3) is 0.333. The van der Waals surface area contributed by atoms with Gasteiger partial charge >= 0.3 is 11.9 Å². The van der Waals surface area contributed by atoms with Gasteiger partial charge in [-0.25, -0.2) is 9.97 Å². The van der Waals surface area contributed by atoms with Crippen LogP contribution in [0.15, 0.2) is 61.4 Å². The van der Waals surface area contributed by atoms with Gasteiger partial charge in [0.1, 0.15) is 24.5 Å². The predicted molar refractivity (Wildman–Crippen MR) is 136 cm³/mol. The minimum Gasteiger partial charge on any atom is -0.497 e. The summed E-state index contributed by atoms with van der Waals surface area (Å²) in [5.41, 5.74) is 2.66. The third-order valence-electron chi connectivity index (χ3n) is 6.32. The molecule has 2 atom stereocenters. The number of ether oxygens (including phenoxy) is 3. The van der Waals surface area contributed by atoms with Crippen LogP contribution in [-0.2, 0) is 25.6 Å². The van der Waals surface area contributed by atoms with Crippen LogP contribution >= 0.6 is 0 Å². The molecule has 9 heteroatoms. The molecular formula is C27H30N4O5. The summed E-state index contributed by atoms with van der Waals surface area (Å²) in [6.45, 7) is 5.25. The van der Waals surface area contributed by atoms with Crippen molar-refractivity contribution in [1.82, 2.24) is 14.9 Å². The van der Waals surface area contributed by atoms with Crippen LogP contribution in [-0.4, -0.2) is 60.7 Å². The van der Waals surface area contributed by atoms with Crippen LogP contribution in [0.5, 0.6) is 5.75 Å². The van der Waals surface area contributed by atoms with Crippen molar-refractivity contribution in [3.63, 3.8) is 0 Å². The summed E-state index contributed by atoms with van der Waals surface area (Å²) in [4.78, 5) is 36.2. The molecule has 0 amide bonds. The number of hydrogen-bond donors (Lipinski definition) is 1. The van der Waals surface area contributed by atoms with Gasteiger partial charge in [0, 0.05) is 30.2 Å². The topological polar surface area (TPSA) is 103 Å². The van der Waals surface area contributed by atoms with Crippen LogP contribution in [0.1, 0.15) is 12.0 Å². The highest BCUT2D eigenvalue weighted by Gasteiger charge is 2.40. The summed E-state index contributed by atoms with van der Waals surface area (Å²) < 4.78 is 15.6. The molecule has 0 aliphatic carbocycles. The Morgan fingerprint density at radius 1 is 1.14 bits per heavy atom. The summed E-state index contributed by atoms with van der Waals surface area (Å²) in [5, 5.41) is 4.28. The summed E-state index contributed by atoms with van der Waals surface area (Å²) >= 11 is 0. The smallest absolute Gasteiger partial charge is 0.310 e. The van der Waals surface area contributed by atoms with E-state index in [1.807, 2.05) is 42.5 Å². The average molecular weight is 491 g/mol. The second-order valence-corrected chi connectivity index (χ2v) is 8.57. The Morgan fingerprint density at radius 2 is 1.97 bits per heavy atom. The number of anilines is 2. The van der Waals surface area contributed by atoms with Crippen molar-refractivity contribution < 1.29 is 23.8 Å². The molecule has 1 saturated heterocycles. The largest absolute Gasteiger partial charge is 0.497 e. The van der Waals surface area contributed by atoms with Gasteiger partial charge in [-0.2, -0.15) is 0 Å². The Balaban J connectivity index is 1.59. The first kappa shape index (κ1) is 25.1. The second kappa shape index (κ2) is 11.6. The number of carbonyl (C=O) groups excluding carboxylic acids is 2. The van der Waals surface area contributed by atoms with E-state index in [-0.39, 0.29) is 6.61 Å². The minimum atomic E-state index is -0.610. The molecule has 9 nitrogen and oxygen atoms in total. The average Bonchev–Trinajstić information content (AvgIpc) is 2.91. The maximum absolute atomic E-state index is 12.6. The third-order valence-corrected chi connectivity index (χ3v) is 6.32. The number of esters is 2. The molecule has 36 heavy (non-hydrogen) atoms. The lowest BCUT2D eigenvalue weighted by Crippen LogP contribution is -2.47. The van der Waals surface area contributed by atoms with Crippen molar-refractivity contribution in [1.29, 1.82) is 0 Å². The number of fused-ring (bicyclic) bond motifs is 1. The van der Waals surface area contributed by atoms with E-state index in [1.54, 1.807) is 7.11 Å². The van der Waals surface area contributed by atoms with Gasteiger partial charge in [0.05, 0.1) is 31.6 Å². The first-order chi connectivity index (χ1) is 17.5. The molecule has 1 aromatic heterocycles. The van der Waals surface area contributed by atoms with E-state index in [0.29, 0.717) is 31.9 Å². The molecule has 4 rings (SSSR count). The van der Waals surface area contributed by atoms with Gasteiger partial charge in [0.2, 0.25) is 0 Å². The van der Waals surface area contributed by atoms with Crippen molar-refractivity contribution in [2.75, 3.05) is 39.2 Å². The van der Waals surface area contributed by atoms with Crippen LogP contribution in [0.2, 0.25) is 0 Å². The fourth-order valence-corrected chi connectivity index (χ4v) is 4.57. The number of carbonyl (C=O) groups is 2. The van der Waals surface area contributed by atoms with E-state index in [4.69, 9.17) is 14.2 Å². The van der Waals surface area contributed by atoms with Gasteiger partial charge < -0.3 is 19.5 Å². The molecule has 3 aromatic rings. The monoisotopic (exact) mass is 490 g/mol. The molecule has 0 bridgehead atoms. The zero-order valence-electron chi connectivity index (χ0n) is 20.5. The van der Waals surface area contributed by atoms with Crippen molar-refractivity contribution in [2.45, 2.75) is 13.0 Å². The van der Waals surface area contributed by atoms with Crippen LogP contribution in [0.4, 0.5) is 11.5 Å². The molecule has 188 valence electrons. The molecule has 1 N–H and O–H groups in total. The number of piperidine rings is 1. The Labute approximate surface area is 210 Å². The Hall–Kier alpha value is -3.98. The lowest BCUT2D eigenvalue weighted by molar-refractivity contribution is -0.162. The maximum atomic E-state index is 12.6. The standard InChI is InChI=1S/C27H30N4O5/c1-4-13-36-27(33)21-11-12-31(16-22(21)26(32)35-3)15-18-7-5-10-23-24(18)25(29-17-28-23)30-19-8-6-9-20(14-19)34-2/h4-10,14,17,21-22H,1,11-13,15-16H2,2-3H3,(H,28,29,30). The number of aromatic nitrogens is 2. The van der Waals surface area contributed by atoms with Gasteiger partial charge in [0.25, 0.3) is 0 Å². The molecule has 0 saturated carbocycles. The highest BCUT2D eigenvalue weighted by molar-refractivity contribution is 5.93. The quantitative estimate of drug-likeness (QED) is 0.355. The summed E-state index contributed by atoms with van der Waals surface area (Å²) in [7, 11) is 2.97. The number of benzene rings is 2. The lowest BCUT2D eigenvalue weighted by atomic mass is 9.85. The first-order valence-corrected chi connectivity index (χ1v) is 11.8. The maximum Gasteiger partial charge on any atom is 0.310 e. The van der Waals surface area contributed by atoms with E-state index in [1.165, 1.54) is 19.5 Å². The molecule has 1 fully saturated rings. The molecular weight excluding hydrogens is 460 g/mol. The van der Waals surface area contributed by atoms with E-state index in [9.17, 15) is 9.59 Å². The number of nitrogens with one attached hydrogen (secondary N) is 1. The van der Waals surface area contributed by atoms with Gasteiger partial charge in [-0.05, 0) is 36.7 Å². The van der Waals surface area contributed by atoms with Crippen molar-refractivity contribution in [2.24, 2.45) is 11.8 Å². The third kappa shape index (κ3) is 5.63. The van der Waals surface area contributed by atoms with Gasteiger partial charge in [0.15, 0.2) is 0 Å². The second-order valence-electron chi connectivity index (χ2n) is 8.57. The van der Waals surface area contributed by atoms with E-state index in [2.05, 4.69) is 26.8 Å². The normalized spacial score (nSPS) is 17.8. The van der Waals surface area contributed by atoms with Crippen molar-refractivity contribution in [3.05, 3.63) is 67.0 Å². The SMILES string of the molecule is C=CCOC(=O)C1CCN(Cc2cccc3ncnc(Nc4cccc(OC)c4)c23)CC1C(=O)OC. The van der Waals surface area contributed by atoms with Crippen molar-refractivity contribution in [3.8, 4) is 5.75 Å². The van der Waals surface area contributed by atoms with E-state index < -0.39 is 23.8 Å². The fourth-order valence-electron chi connectivity index (χ4n) is 4.57. The first-order valence-electron chi connectivity index (χ1n) is 11.8. The van der Waals surface area contributed by atoms with Crippen molar-refractivity contribution >= 4 is 34.3 Å². The number of nitrogens with zero attached hydrogens (tertiary/aromatic N) is 3. The van der Waals surface area contributed by atoms with Gasteiger partial charge in [-0.15, -0.1) is 0 Å². The van der Waals surface area contributed by atoms with Crippen LogP contribution in [0.3, 0.4) is 0 Å². The molecule has 0 spiro atoms. The number of hydrogen-bond acceptors (Lipinski definition) is 9. The summed E-state index contributed by atoms with van der Waals surface area (Å²) in [6, 6.07) is 13.5. The lowest BCUT2D eigenvalue weighted by Gasteiger charge is -2.36. The predicted octanol–water partition coefficient (Wildman–Crippen LogP) is 3.72. The van der Waals surface area contributed by atoms with Gasteiger partial charge in [-0.3, -0.25) is 14.5 Å². The zero-order chi connectivity index (χ0) is 25.5. The van der Waals surface area contributed by atoms with Crippen LogP contribution < -0.4 is 10.1 Å². The molecule has 2 heterocycles. The molecule has 0 radical (unpaired) electrons. The number of methoxy groups -OCH3 is 2. The Kier molecular flexibility index (Phi) is 8.12. The summed E-state index contributed by atoms with van der Waals surface area (Å²) in [6.07, 6.45) is 3.54. The van der Waals surface area contributed by atoms with Gasteiger partial charge in [-0.1, -0.05) is 30.9 Å². The number of likely N-dealkylation sites (tertiary alicyclic amines) is 1. The zero-order valence-corrected chi connectivity index (χ0v) is 20.5. The molecule has 1 aliphatic rings. The highest BCUT2D eigenvalue weighted by Crippen LogP contribution is 2.31. The Bertz CT molecular complexity index is 1240. The van der Waals surface area contributed by atoms with E-state index >= 15 is 0 Å².